The van der Waals surface area contributed by atoms with E-state index in [2.05, 4.69) is 21.7 Å². The Balaban J connectivity index is 0.000000427. The highest BCUT2D eigenvalue weighted by atomic mass is 16.5. The molecule has 0 atom stereocenters. The minimum absolute atomic E-state index is 0.0930. The predicted molar refractivity (Wildman–Crippen MR) is 117 cm³/mol. The van der Waals surface area contributed by atoms with Crippen LogP contribution in [0.3, 0.4) is 0 Å². The average molecular weight is 439 g/mol. The second-order valence-corrected chi connectivity index (χ2v) is 7.46. The Hall–Kier alpha value is -3.88. The summed E-state index contributed by atoms with van der Waals surface area (Å²) < 4.78 is 7.46. The standard InChI is InChI=1S/C21H23N3O2.C2H2O4/c1-26-18-6-4-5-17(13-18)21(25)23-11-9-16(10-12-23)14-24-15-22-19-7-2-3-8-20(19)24;3-1(4)2(5)6/h2-8,13,15-16H,9-12,14H2,1H3;(H,3,4)(H,5,6). The van der Waals surface area contributed by atoms with Crippen molar-refractivity contribution < 1.29 is 29.3 Å². The van der Waals surface area contributed by atoms with Gasteiger partial charge >= 0.3 is 11.9 Å². The minimum atomic E-state index is -1.82. The molecule has 2 heterocycles. The summed E-state index contributed by atoms with van der Waals surface area (Å²) in [7, 11) is 1.62. The zero-order valence-corrected chi connectivity index (χ0v) is 17.7. The van der Waals surface area contributed by atoms with Crippen LogP contribution < -0.4 is 4.74 Å². The minimum Gasteiger partial charge on any atom is -0.497 e. The lowest BCUT2D eigenvalue weighted by atomic mass is 9.96. The predicted octanol–water partition coefficient (Wildman–Crippen LogP) is 2.75. The lowest BCUT2D eigenvalue weighted by molar-refractivity contribution is -0.159. The van der Waals surface area contributed by atoms with E-state index < -0.39 is 11.9 Å². The Labute approximate surface area is 184 Å². The van der Waals surface area contributed by atoms with E-state index in [1.165, 1.54) is 5.52 Å². The van der Waals surface area contributed by atoms with Crippen LogP contribution in [-0.2, 0) is 16.1 Å². The molecule has 0 unspecified atom stereocenters. The number of amides is 1. The Morgan fingerprint density at radius 3 is 2.38 bits per heavy atom. The molecule has 168 valence electrons. The fourth-order valence-electron chi connectivity index (χ4n) is 3.69. The number of benzene rings is 2. The molecule has 2 N–H and O–H groups in total. The summed E-state index contributed by atoms with van der Waals surface area (Å²) in [4.78, 5) is 37.3. The number of carbonyl (C=O) groups excluding carboxylic acids is 1. The molecular weight excluding hydrogens is 414 g/mol. The first-order valence-corrected chi connectivity index (χ1v) is 10.2. The first-order chi connectivity index (χ1) is 15.4. The molecular formula is C23H25N3O6. The van der Waals surface area contributed by atoms with E-state index in [4.69, 9.17) is 24.5 Å². The Morgan fingerprint density at radius 2 is 1.72 bits per heavy atom. The number of carboxylic acid groups (broad SMARTS) is 2. The second-order valence-electron chi connectivity index (χ2n) is 7.46. The fraction of sp³-hybridized carbons (Fsp3) is 0.304. The summed E-state index contributed by atoms with van der Waals surface area (Å²) >= 11 is 0. The number of imidazole rings is 1. The highest BCUT2D eigenvalue weighted by molar-refractivity contribution is 6.27. The van der Waals surface area contributed by atoms with Gasteiger partial charge in [0.15, 0.2) is 0 Å². The monoisotopic (exact) mass is 439 g/mol. The summed E-state index contributed by atoms with van der Waals surface area (Å²) in [5.74, 6) is -2.26. The molecule has 1 saturated heterocycles. The molecule has 3 aromatic rings. The summed E-state index contributed by atoms with van der Waals surface area (Å²) in [5, 5.41) is 14.8. The van der Waals surface area contributed by atoms with E-state index in [1.807, 2.05) is 47.6 Å². The van der Waals surface area contributed by atoms with Gasteiger partial charge in [0.25, 0.3) is 5.91 Å². The number of aromatic nitrogens is 2. The van der Waals surface area contributed by atoms with Crippen LogP contribution in [0.1, 0.15) is 23.2 Å². The third kappa shape index (κ3) is 5.63. The summed E-state index contributed by atoms with van der Waals surface area (Å²) in [6.45, 7) is 2.56. The Morgan fingerprint density at radius 1 is 1.03 bits per heavy atom. The maximum Gasteiger partial charge on any atom is 0.414 e. The number of likely N-dealkylation sites (tertiary alicyclic amines) is 1. The highest BCUT2D eigenvalue weighted by Gasteiger charge is 2.24. The van der Waals surface area contributed by atoms with Gasteiger partial charge < -0.3 is 24.4 Å². The number of aliphatic carboxylic acids is 2. The van der Waals surface area contributed by atoms with Crippen LogP contribution >= 0.6 is 0 Å². The number of para-hydroxylation sites is 2. The molecule has 2 aromatic carbocycles. The first kappa shape index (κ1) is 22.8. The van der Waals surface area contributed by atoms with Crippen molar-refractivity contribution >= 4 is 28.9 Å². The number of nitrogens with zero attached hydrogens (tertiary/aromatic N) is 3. The van der Waals surface area contributed by atoms with Crippen LogP contribution in [0.5, 0.6) is 5.75 Å². The first-order valence-electron chi connectivity index (χ1n) is 10.2. The van der Waals surface area contributed by atoms with Crippen LogP contribution in [0.25, 0.3) is 11.0 Å². The summed E-state index contributed by atoms with van der Waals surface area (Å²) in [6, 6.07) is 15.6. The number of rotatable bonds is 4. The van der Waals surface area contributed by atoms with Gasteiger partial charge in [-0.15, -0.1) is 0 Å². The number of methoxy groups -OCH3 is 1. The van der Waals surface area contributed by atoms with Gasteiger partial charge in [0, 0.05) is 25.2 Å². The average Bonchev–Trinajstić information content (AvgIpc) is 3.22. The molecule has 1 amide bonds. The van der Waals surface area contributed by atoms with Crippen LogP contribution in [0.15, 0.2) is 54.9 Å². The number of fused-ring (bicyclic) bond motifs is 1. The van der Waals surface area contributed by atoms with Crippen molar-refractivity contribution in [3.8, 4) is 5.75 Å². The lowest BCUT2D eigenvalue weighted by Gasteiger charge is -2.32. The number of hydrogen-bond donors (Lipinski definition) is 2. The van der Waals surface area contributed by atoms with Gasteiger partial charge in [0.2, 0.25) is 0 Å². The molecule has 32 heavy (non-hydrogen) atoms. The molecule has 0 bridgehead atoms. The molecule has 1 fully saturated rings. The maximum absolute atomic E-state index is 12.7. The zero-order valence-electron chi connectivity index (χ0n) is 17.7. The number of carboxylic acids is 2. The van der Waals surface area contributed by atoms with Crippen molar-refractivity contribution in [3.63, 3.8) is 0 Å². The van der Waals surface area contributed by atoms with Crippen molar-refractivity contribution in [1.82, 2.24) is 14.5 Å². The third-order valence-electron chi connectivity index (χ3n) is 5.38. The van der Waals surface area contributed by atoms with Gasteiger partial charge in [-0.3, -0.25) is 4.79 Å². The molecule has 0 saturated carbocycles. The van der Waals surface area contributed by atoms with Gasteiger partial charge in [-0.2, -0.15) is 0 Å². The Kier molecular flexibility index (Phi) is 7.43. The van der Waals surface area contributed by atoms with Crippen molar-refractivity contribution in [1.29, 1.82) is 0 Å². The molecule has 0 aliphatic carbocycles. The van der Waals surface area contributed by atoms with E-state index in [9.17, 15) is 4.79 Å². The zero-order chi connectivity index (χ0) is 23.1. The molecule has 9 heteroatoms. The molecule has 1 aliphatic heterocycles. The van der Waals surface area contributed by atoms with Crippen LogP contribution in [0.4, 0.5) is 0 Å². The second kappa shape index (κ2) is 10.4. The topological polar surface area (TPSA) is 122 Å². The number of piperidine rings is 1. The van der Waals surface area contributed by atoms with Crippen LogP contribution in [0, 0.1) is 5.92 Å². The molecule has 1 aliphatic rings. The number of carbonyl (C=O) groups is 3. The Bertz CT molecular complexity index is 1090. The van der Waals surface area contributed by atoms with E-state index in [0.29, 0.717) is 11.5 Å². The van der Waals surface area contributed by atoms with Crippen LogP contribution in [-0.4, -0.2) is 62.7 Å². The molecule has 9 nitrogen and oxygen atoms in total. The molecule has 4 rings (SSSR count). The largest absolute Gasteiger partial charge is 0.497 e. The third-order valence-corrected chi connectivity index (χ3v) is 5.38. The SMILES string of the molecule is COc1cccc(C(=O)N2CCC(Cn3cnc4ccccc43)CC2)c1.O=C(O)C(=O)O. The van der Waals surface area contributed by atoms with Gasteiger partial charge in [0.05, 0.1) is 24.5 Å². The molecule has 0 radical (unpaired) electrons. The normalized spacial score (nSPS) is 13.8. The summed E-state index contributed by atoms with van der Waals surface area (Å²) in [6.07, 6.45) is 3.96. The van der Waals surface area contributed by atoms with Crippen molar-refractivity contribution in [2.24, 2.45) is 5.92 Å². The summed E-state index contributed by atoms with van der Waals surface area (Å²) in [5.41, 5.74) is 2.92. The maximum atomic E-state index is 12.7. The van der Waals surface area contributed by atoms with E-state index in [0.717, 1.165) is 43.7 Å². The van der Waals surface area contributed by atoms with Gasteiger partial charge in [-0.25, -0.2) is 14.6 Å². The lowest BCUT2D eigenvalue weighted by Crippen LogP contribution is -2.39. The van der Waals surface area contributed by atoms with Gasteiger partial charge in [0.1, 0.15) is 5.75 Å². The van der Waals surface area contributed by atoms with Crippen LogP contribution in [0.2, 0.25) is 0 Å². The van der Waals surface area contributed by atoms with Crippen molar-refractivity contribution in [2.75, 3.05) is 20.2 Å². The highest BCUT2D eigenvalue weighted by Crippen LogP contribution is 2.23. The fourth-order valence-corrected chi connectivity index (χ4v) is 3.69. The molecule has 0 spiro atoms. The van der Waals surface area contributed by atoms with Crippen molar-refractivity contribution in [2.45, 2.75) is 19.4 Å². The van der Waals surface area contributed by atoms with Crippen molar-refractivity contribution in [3.05, 3.63) is 60.4 Å². The molecule has 1 aromatic heterocycles. The van der Waals surface area contributed by atoms with E-state index >= 15 is 0 Å². The van der Waals surface area contributed by atoms with E-state index in [-0.39, 0.29) is 5.91 Å². The van der Waals surface area contributed by atoms with Gasteiger partial charge in [-0.05, 0) is 49.1 Å². The quantitative estimate of drug-likeness (QED) is 0.600. The smallest absolute Gasteiger partial charge is 0.414 e. The van der Waals surface area contributed by atoms with E-state index in [1.54, 1.807) is 7.11 Å². The van der Waals surface area contributed by atoms with Gasteiger partial charge in [-0.1, -0.05) is 18.2 Å². The number of hydrogen-bond acceptors (Lipinski definition) is 5. The number of ether oxygens (including phenoxy) is 1.